The van der Waals surface area contributed by atoms with Gasteiger partial charge in [0.25, 0.3) is 0 Å². The first kappa shape index (κ1) is 11.9. The second-order valence-electron chi connectivity index (χ2n) is 4.70. The summed E-state index contributed by atoms with van der Waals surface area (Å²) in [5.41, 5.74) is 1.25. The highest BCUT2D eigenvalue weighted by Gasteiger charge is 2.17. The van der Waals surface area contributed by atoms with Gasteiger partial charge in [-0.3, -0.25) is 4.90 Å². The Morgan fingerprint density at radius 3 is 2.69 bits per heavy atom. The van der Waals surface area contributed by atoms with E-state index in [1.165, 1.54) is 37.7 Å². The average Bonchev–Trinajstić information content (AvgIpc) is 2.33. The van der Waals surface area contributed by atoms with Crippen LogP contribution in [0.1, 0.15) is 37.7 Å². The normalized spacial score (nSPS) is 17.9. The Labute approximate surface area is 103 Å². The van der Waals surface area contributed by atoms with Crippen molar-refractivity contribution < 1.29 is 0 Å². The summed E-state index contributed by atoms with van der Waals surface area (Å²) in [4.78, 5) is 6.56. The number of nitrogens with zero attached hydrogens (tertiary/aromatic N) is 2. The van der Waals surface area contributed by atoms with Crippen molar-refractivity contribution in [2.45, 2.75) is 44.7 Å². The van der Waals surface area contributed by atoms with E-state index in [-0.39, 0.29) is 0 Å². The number of halogens is 1. The number of hydrogen-bond donors (Lipinski definition) is 0. The van der Waals surface area contributed by atoms with Gasteiger partial charge in [-0.25, -0.2) is 4.98 Å². The van der Waals surface area contributed by atoms with Crippen LogP contribution >= 0.6 is 11.6 Å². The Kier molecular flexibility index (Phi) is 4.19. The van der Waals surface area contributed by atoms with Crippen molar-refractivity contribution in [1.82, 2.24) is 9.88 Å². The van der Waals surface area contributed by atoms with E-state index in [1.807, 2.05) is 12.3 Å². The molecule has 1 fully saturated rings. The van der Waals surface area contributed by atoms with Crippen molar-refractivity contribution in [2.24, 2.45) is 0 Å². The van der Waals surface area contributed by atoms with Gasteiger partial charge in [-0.1, -0.05) is 36.9 Å². The lowest BCUT2D eigenvalue weighted by Crippen LogP contribution is -2.32. The molecule has 0 unspecified atom stereocenters. The molecule has 2 nitrogen and oxygen atoms in total. The first-order chi connectivity index (χ1) is 7.75. The second-order valence-corrected chi connectivity index (χ2v) is 5.08. The van der Waals surface area contributed by atoms with E-state index in [2.05, 4.69) is 23.0 Å². The van der Waals surface area contributed by atoms with Gasteiger partial charge in [0.1, 0.15) is 5.15 Å². The molecule has 88 valence electrons. The van der Waals surface area contributed by atoms with E-state index < -0.39 is 0 Å². The van der Waals surface area contributed by atoms with E-state index in [4.69, 9.17) is 11.6 Å². The lowest BCUT2D eigenvalue weighted by atomic mass is 9.94. The maximum atomic E-state index is 5.77. The fourth-order valence-corrected chi connectivity index (χ4v) is 2.55. The molecule has 1 heterocycles. The van der Waals surface area contributed by atoms with Crippen molar-refractivity contribution >= 4 is 11.6 Å². The molecule has 3 heteroatoms. The van der Waals surface area contributed by atoms with Crippen LogP contribution < -0.4 is 0 Å². The molecule has 16 heavy (non-hydrogen) atoms. The summed E-state index contributed by atoms with van der Waals surface area (Å²) >= 11 is 5.77. The second kappa shape index (κ2) is 5.65. The van der Waals surface area contributed by atoms with Gasteiger partial charge < -0.3 is 0 Å². The quantitative estimate of drug-likeness (QED) is 0.750. The minimum Gasteiger partial charge on any atom is -0.299 e. The third-order valence-corrected chi connectivity index (χ3v) is 3.64. The average molecular weight is 239 g/mol. The van der Waals surface area contributed by atoms with Crippen LogP contribution in [-0.4, -0.2) is 23.0 Å². The van der Waals surface area contributed by atoms with E-state index in [1.54, 1.807) is 0 Å². The van der Waals surface area contributed by atoms with Gasteiger partial charge in [-0.15, -0.1) is 0 Å². The van der Waals surface area contributed by atoms with Gasteiger partial charge in [0.2, 0.25) is 0 Å². The summed E-state index contributed by atoms with van der Waals surface area (Å²) < 4.78 is 0. The maximum absolute atomic E-state index is 5.77. The lowest BCUT2D eigenvalue weighted by Gasteiger charge is -2.31. The fraction of sp³-hybridized carbons (Fsp3) is 0.615. The zero-order chi connectivity index (χ0) is 11.4. The van der Waals surface area contributed by atoms with Crippen molar-refractivity contribution in [1.29, 1.82) is 0 Å². The topological polar surface area (TPSA) is 16.1 Å². The number of pyridine rings is 1. The van der Waals surface area contributed by atoms with Gasteiger partial charge in [-0.2, -0.15) is 0 Å². The van der Waals surface area contributed by atoms with Crippen LogP contribution in [0.25, 0.3) is 0 Å². The summed E-state index contributed by atoms with van der Waals surface area (Å²) in [6.45, 7) is 0.981. The molecule has 0 spiro atoms. The van der Waals surface area contributed by atoms with Crippen LogP contribution in [0.3, 0.4) is 0 Å². The summed E-state index contributed by atoms with van der Waals surface area (Å²) in [6.07, 6.45) is 8.74. The van der Waals surface area contributed by atoms with E-state index >= 15 is 0 Å². The molecule has 1 saturated carbocycles. The third kappa shape index (κ3) is 3.19. The van der Waals surface area contributed by atoms with E-state index in [9.17, 15) is 0 Å². The van der Waals surface area contributed by atoms with Gasteiger partial charge in [-0.05, 0) is 31.5 Å². The Morgan fingerprint density at radius 1 is 1.31 bits per heavy atom. The molecular formula is C13H19ClN2. The largest absolute Gasteiger partial charge is 0.299 e. The Morgan fingerprint density at radius 2 is 2.06 bits per heavy atom. The van der Waals surface area contributed by atoms with Crippen molar-refractivity contribution in [3.8, 4) is 0 Å². The van der Waals surface area contributed by atoms with Crippen LogP contribution in [0.4, 0.5) is 0 Å². The number of rotatable bonds is 3. The van der Waals surface area contributed by atoms with Crippen LogP contribution in [0.5, 0.6) is 0 Å². The first-order valence-corrected chi connectivity index (χ1v) is 6.44. The molecule has 0 aromatic carbocycles. The smallest absolute Gasteiger partial charge is 0.129 e. The van der Waals surface area contributed by atoms with Crippen molar-refractivity contribution in [3.05, 3.63) is 29.0 Å². The van der Waals surface area contributed by atoms with Gasteiger partial charge in [0, 0.05) is 18.8 Å². The Balaban J connectivity index is 1.90. The van der Waals surface area contributed by atoms with Gasteiger partial charge in [0.15, 0.2) is 0 Å². The molecule has 1 aliphatic carbocycles. The highest BCUT2D eigenvalue weighted by Crippen LogP contribution is 2.22. The van der Waals surface area contributed by atoms with E-state index in [0.717, 1.165) is 12.6 Å². The predicted molar refractivity (Wildman–Crippen MR) is 67.6 cm³/mol. The monoisotopic (exact) mass is 238 g/mol. The molecule has 1 aliphatic rings. The minimum absolute atomic E-state index is 0.573. The highest BCUT2D eigenvalue weighted by atomic mass is 35.5. The molecule has 0 radical (unpaired) electrons. The Bertz CT molecular complexity index is 317. The predicted octanol–water partition coefficient (Wildman–Crippen LogP) is 3.50. The van der Waals surface area contributed by atoms with Crippen molar-refractivity contribution in [2.75, 3.05) is 7.05 Å². The van der Waals surface area contributed by atoms with Crippen molar-refractivity contribution in [3.63, 3.8) is 0 Å². The molecular weight excluding hydrogens is 220 g/mol. The number of aromatic nitrogens is 1. The maximum Gasteiger partial charge on any atom is 0.129 e. The highest BCUT2D eigenvalue weighted by molar-refractivity contribution is 6.29. The summed E-state index contributed by atoms with van der Waals surface area (Å²) in [6, 6.07) is 4.68. The zero-order valence-electron chi connectivity index (χ0n) is 9.82. The summed E-state index contributed by atoms with van der Waals surface area (Å²) in [5.74, 6) is 0. The van der Waals surface area contributed by atoms with Crippen LogP contribution in [0.15, 0.2) is 18.3 Å². The molecule has 0 aliphatic heterocycles. The molecule has 0 bridgehead atoms. The molecule has 0 saturated heterocycles. The third-order valence-electron chi connectivity index (χ3n) is 3.42. The van der Waals surface area contributed by atoms with Crippen LogP contribution in [-0.2, 0) is 6.54 Å². The molecule has 2 rings (SSSR count). The van der Waals surface area contributed by atoms with Crippen LogP contribution in [0.2, 0.25) is 5.15 Å². The van der Waals surface area contributed by atoms with Gasteiger partial charge in [0.05, 0.1) is 0 Å². The van der Waals surface area contributed by atoms with E-state index in [0.29, 0.717) is 5.15 Å². The SMILES string of the molecule is CN(Cc1ccc(Cl)nc1)C1CCCCC1. The fourth-order valence-electron chi connectivity index (χ4n) is 2.44. The molecule has 0 amide bonds. The van der Waals surface area contributed by atoms with Gasteiger partial charge >= 0.3 is 0 Å². The standard InChI is InChI=1S/C13H19ClN2/c1-16(12-5-3-2-4-6-12)10-11-7-8-13(14)15-9-11/h7-9,12H,2-6,10H2,1H3. The van der Waals surface area contributed by atoms with Crippen LogP contribution in [0, 0.1) is 0 Å². The molecule has 1 aromatic heterocycles. The summed E-state index contributed by atoms with van der Waals surface area (Å²) in [5, 5.41) is 0.573. The lowest BCUT2D eigenvalue weighted by molar-refractivity contribution is 0.184. The number of hydrogen-bond acceptors (Lipinski definition) is 2. The molecule has 0 atom stereocenters. The first-order valence-electron chi connectivity index (χ1n) is 6.06. The molecule has 0 N–H and O–H groups in total. The minimum atomic E-state index is 0.573. The Hall–Kier alpha value is -0.600. The molecule has 1 aromatic rings. The zero-order valence-corrected chi connectivity index (χ0v) is 10.6. The summed E-state index contributed by atoms with van der Waals surface area (Å²) in [7, 11) is 2.21.